The van der Waals surface area contributed by atoms with E-state index in [0.29, 0.717) is 10.9 Å². The second-order valence-electron chi connectivity index (χ2n) is 6.01. The standard InChI is InChI=1S/C19H25NO3/c1-4-7-12-10-15-16(21)11-17(22)19(23)20-18(15)14(9-6-3)13(12)8-5-2/h10-11,22H,4-9H2,1-3H3,(H,20,23). The van der Waals surface area contributed by atoms with E-state index >= 15 is 0 Å². The zero-order chi connectivity index (χ0) is 17.0. The van der Waals surface area contributed by atoms with Gasteiger partial charge in [-0.2, -0.15) is 0 Å². The Labute approximate surface area is 136 Å². The molecule has 0 bridgehead atoms. The molecule has 124 valence electrons. The summed E-state index contributed by atoms with van der Waals surface area (Å²) in [6.45, 7) is 6.34. The molecule has 2 rings (SSSR count). The maximum absolute atomic E-state index is 12.4. The molecule has 0 amide bonds. The number of aromatic nitrogens is 1. The summed E-state index contributed by atoms with van der Waals surface area (Å²) < 4.78 is 0. The third-order valence-electron chi connectivity index (χ3n) is 4.17. The largest absolute Gasteiger partial charge is 0.503 e. The summed E-state index contributed by atoms with van der Waals surface area (Å²) in [4.78, 5) is 27.1. The van der Waals surface area contributed by atoms with E-state index in [4.69, 9.17) is 0 Å². The maximum atomic E-state index is 12.4. The molecule has 0 spiro atoms. The summed E-state index contributed by atoms with van der Waals surface area (Å²) in [5.41, 5.74) is 3.16. The number of aromatic hydroxyl groups is 1. The number of nitrogens with one attached hydrogen (secondary N) is 1. The molecule has 4 heteroatoms. The minimum Gasteiger partial charge on any atom is -0.503 e. The van der Waals surface area contributed by atoms with Crippen LogP contribution in [0.15, 0.2) is 21.7 Å². The second-order valence-corrected chi connectivity index (χ2v) is 6.01. The van der Waals surface area contributed by atoms with Crippen molar-refractivity contribution in [3.8, 4) is 5.75 Å². The minimum atomic E-state index is -0.611. The summed E-state index contributed by atoms with van der Waals surface area (Å²) in [6.07, 6.45) is 5.60. The predicted octanol–water partition coefficient (Wildman–Crippen LogP) is 3.45. The van der Waals surface area contributed by atoms with E-state index in [1.54, 1.807) is 0 Å². The molecule has 0 fully saturated rings. The molecule has 2 aromatic rings. The minimum absolute atomic E-state index is 0.311. The Morgan fingerprint density at radius 1 is 0.913 bits per heavy atom. The molecule has 0 unspecified atom stereocenters. The predicted molar refractivity (Wildman–Crippen MR) is 94.5 cm³/mol. The van der Waals surface area contributed by atoms with Gasteiger partial charge in [0.1, 0.15) is 0 Å². The van der Waals surface area contributed by atoms with Crippen LogP contribution in [0.1, 0.15) is 56.7 Å². The third kappa shape index (κ3) is 3.46. The molecule has 0 aliphatic rings. The van der Waals surface area contributed by atoms with Crippen LogP contribution < -0.4 is 11.0 Å². The summed E-state index contributed by atoms with van der Waals surface area (Å²) in [6, 6.07) is 2.92. The second kappa shape index (κ2) is 7.44. The lowest BCUT2D eigenvalue weighted by Gasteiger charge is -2.16. The molecular weight excluding hydrogens is 290 g/mol. The summed E-state index contributed by atoms with van der Waals surface area (Å²) in [7, 11) is 0. The van der Waals surface area contributed by atoms with Gasteiger partial charge >= 0.3 is 0 Å². The van der Waals surface area contributed by atoms with Crippen molar-refractivity contribution >= 4 is 10.9 Å². The van der Waals surface area contributed by atoms with Crippen molar-refractivity contribution in [2.75, 3.05) is 0 Å². The van der Waals surface area contributed by atoms with Gasteiger partial charge in [0.25, 0.3) is 5.56 Å². The molecule has 1 aromatic heterocycles. The first-order valence-electron chi connectivity index (χ1n) is 8.47. The van der Waals surface area contributed by atoms with Gasteiger partial charge in [-0.1, -0.05) is 40.0 Å². The van der Waals surface area contributed by atoms with Crippen molar-refractivity contribution in [3.05, 3.63) is 49.4 Å². The molecule has 4 nitrogen and oxygen atoms in total. The third-order valence-corrected chi connectivity index (χ3v) is 4.17. The first kappa shape index (κ1) is 17.3. The van der Waals surface area contributed by atoms with E-state index in [1.165, 1.54) is 11.1 Å². The zero-order valence-corrected chi connectivity index (χ0v) is 14.2. The highest BCUT2D eigenvalue weighted by atomic mass is 16.3. The average Bonchev–Trinajstić information content (AvgIpc) is 2.61. The van der Waals surface area contributed by atoms with Crippen LogP contribution in [-0.4, -0.2) is 10.1 Å². The van der Waals surface area contributed by atoms with Crippen molar-refractivity contribution in [1.29, 1.82) is 0 Å². The number of fused-ring (bicyclic) bond motifs is 1. The van der Waals surface area contributed by atoms with E-state index in [9.17, 15) is 14.7 Å². The number of benzene rings is 1. The van der Waals surface area contributed by atoms with Gasteiger partial charge in [-0.3, -0.25) is 9.59 Å². The Kier molecular flexibility index (Phi) is 5.59. The molecule has 1 aromatic carbocycles. The lowest BCUT2D eigenvalue weighted by molar-refractivity contribution is 0.468. The number of hydrogen-bond acceptors (Lipinski definition) is 3. The first-order valence-corrected chi connectivity index (χ1v) is 8.47. The van der Waals surface area contributed by atoms with Crippen molar-refractivity contribution in [3.63, 3.8) is 0 Å². The van der Waals surface area contributed by atoms with E-state index in [2.05, 4.69) is 25.8 Å². The maximum Gasteiger partial charge on any atom is 0.290 e. The van der Waals surface area contributed by atoms with Gasteiger partial charge in [-0.15, -0.1) is 0 Å². The Balaban J connectivity index is 2.99. The normalized spacial score (nSPS) is 11.1. The highest BCUT2D eigenvalue weighted by Gasteiger charge is 2.15. The molecule has 0 aliphatic carbocycles. The van der Waals surface area contributed by atoms with Gasteiger partial charge in [0, 0.05) is 11.5 Å². The number of aromatic amines is 1. The molecule has 0 atom stereocenters. The van der Waals surface area contributed by atoms with Crippen molar-refractivity contribution in [1.82, 2.24) is 4.98 Å². The molecular formula is C19H25NO3. The summed E-state index contributed by atoms with van der Waals surface area (Å²) in [5.74, 6) is -0.525. The Morgan fingerprint density at radius 3 is 2.13 bits per heavy atom. The summed E-state index contributed by atoms with van der Waals surface area (Å²) in [5, 5.41) is 10.2. The fourth-order valence-corrected chi connectivity index (χ4v) is 3.20. The first-order chi connectivity index (χ1) is 11.0. The zero-order valence-electron chi connectivity index (χ0n) is 14.2. The van der Waals surface area contributed by atoms with Gasteiger partial charge < -0.3 is 10.1 Å². The molecule has 0 saturated carbocycles. The lowest BCUT2D eigenvalue weighted by atomic mass is 9.90. The van der Waals surface area contributed by atoms with Gasteiger partial charge in [0.05, 0.1) is 5.52 Å². The fourth-order valence-electron chi connectivity index (χ4n) is 3.20. The SMILES string of the molecule is CCCc1cc2c(=O)cc(O)c(=O)[nH]c2c(CCC)c1CCC. The smallest absolute Gasteiger partial charge is 0.290 e. The Bertz CT molecular complexity index is 821. The van der Waals surface area contributed by atoms with Crippen molar-refractivity contribution < 1.29 is 5.11 Å². The fraction of sp³-hybridized carbons (Fsp3) is 0.474. The van der Waals surface area contributed by atoms with Crippen LogP contribution in [0.25, 0.3) is 10.9 Å². The highest BCUT2D eigenvalue weighted by molar-refractivity contribution is 5.84. The van der Waals surface area contributed by atoms with Gasteiger partial charge in [0.2, 0.25) is 0 Å². The van der Waals surface area contributed by atoms with Gasteiger partial charge in [-0.25, -0.2) is 0 Å². The topological polar surface area (TPSA) is 70.2 Å². The number of rotatable bonds is 6. The molecule has 2 N–H and O–H groups in total. The van der Waals surface area contributed by atoms with Crippen LogP contribution in [0, 0.1) is 0 Å². The lowest BCUT2D eigenvalue weighted by Crippen LogP contribution is -2.07. The Hall–Kier alpha value is -2.10. The number of H-pyrrole nitrogens is 1. The van der Waals surface area contributed by atoms with Crippen LogP contribution in [-0.2, 0) is 19.3 Å². The quantitative estimate of drug-likeness (QED) is 0.857. The molecule has 0 radical (unpaired) electrons. The van der Waals surface area contributed by atoms with Crippen LogP contribution in [0.3, 0.4) is 0 Å². The highest BCUT2D eigenvalue weighted by Crippen LogP contribution is 2.26. The van der Waals surface area contributed by atoms with Crippen LogP contribution in [0.2, 0.25) is 0 Å². The van der Waals surface area contributed by atoms with E-state index in [1.807, 2.05) is 6.07 Å². The van der Waals surface area contributed by atoms with E-state index < -0.39 is 11.3 Å². The van der Waals surface area contributed by atoms with Crippen LogP contribution >= 0.6 is 0 Å². The molecule has 23 heavy (non-hydrogen) atoms. The van der Waals surface area contributed by atoms with Crippen molar-refractivity contribution in [2.24, 2.45) is 0 Å². The molecule has 1 heterocycles. The molecule has 0 aliphatic heterocycles. The van der Waals surface area contributed by atoms with Crippen molar-refractivity contribution in [2.45, 2.75) is 59.3 Å². The van der Waals surface area contributed by atoms with E-state index in [0.717, 1.165) is 50.2 Å². The van der Waals surface area contributed by atoms with E-state index in [-0.39, 0.29) is 5.43 Å². The Morgan fingerprint density at radius 2 is 1.52 bits per heavy atom. The van der Waals surface area contributed by atoms with Gasteiger partial charge in [-0.05, 0) is 42.0 Å². The van der Waals surface area contributed by atoms with Gasteiger partial charge in [0.15, 0.2) is 11.2 Å². The average molecular weight is 315 g/mol. The number of hydrogen-bond donors (Lipinski definition) is 2. The van der Waals surface area contributed by atoms with Crippen LogP contribution in [0.5, 0.6) is 5.75 Å². The number of aryl methyl sites for hydroxylation is 2. The molecule has 0 saturated heterocycles. The monoisotopic (exact) mass is 315 g/mol. The van der Waals surface area contributed by atoms with Crippen LogP contribution in [0.4, 0.5) is 0 Å². The summed E-state index contributed by atoms with van der Waals surface area (Å²) >= 11 is 0.